The quantitative estimate of drug-likeness (QED) is 0.819. The number of hydrogen-bond donors (Lipinski definition) is 1. The van der Waals surface area contributed by atoms with Crippen LogP contribution in [0.5, 0.6) is 0 Å². The predicted octanol–water partition coefficient (Wildman–Crippen LogP) is -0.332. The van der Waals surface area contributed by atoms with Crippen molar-refractivity contribution in [2.75, 3.05) is 70.5 Å². The smallest absolute Gasteiger partial charge is 0.257 e. The van der Waals surface area contributed by atoms with Gasteiger partial charge in [-0.05, 0) is 12.1 Å². The average molecular weight is 320 g/mol. The third-order valence-electron chi connectivity index (χ3n) is 4.40. The van der Waals surface area contributed by atoms with Gasteiger partial charge in [-0.3, -0.25) is 9.69 Å². The van der Waals surface area contributed by atoms with Crippen molar-refractivity contribution >= 4 is 11.7 Å². The molecule has 0 atom stereocenters. The molecule has 0 radical (unpaired) electrons. The Hall–Kier alpha value is -1.70. The van der Waals surface area contributed by atoms with E-state index in [1.807, 2.05) is 17.0 Å². The zero-order valence-electron chi connectivity index (χ0n) is 13.4. The van der Waals surface area contributed by atoms with E-state index in [-0.39, 0.29) is 12.5 Å². The monoisotopic (exact) mass is 320 g/mol. The van der Waals surface area contributed by atoms with Crippen LogP contribution in [0.3, 0.4) is 0 Å². The fourth-order valence-corrected chi connectivity index (χ4v) is 3.08. The summed E-state index contributed by atoms with van der Waals surface area (Å²) >= 11 is 0. The highest BCUT2D eigenvalue weighted by atomic mass is 16.5. The molecule has 1 N–H and O–H groups in total. The van der Waals surface area contributed by atoms with Crippen LogP contribution in [0.1, 0.15) is 10.4 Å². The molecule has 2 aliphatic rings. The van der Waals surface area contributed by atoms with Crippen LogP contribution in [0.25, 0.3) is 0 Å². The van der Waals surface area contributed by atoms with E-state index in [2.05, 4.69) is 14.8 Å². The van der Waals surface area contributed by atoms with Crippen molar-refractivity contribution in [1.82, 2.24) is 14.8 Å². The van der Waals surface area contributed by atoms with Crippen LogP contribution in [0.4, 0.5) is 5.82 Å². The van der Waals surface area contributed by atoms with E-state index in [1.165, 1.54) is 0 Å². The number of β-amino-alcohol motifs (C(OH)–C–C–N with tert-alkyl or cyclic N) is 1. The van der Waals surface area contributed by atoms with Crippen LogP contribution in [0, 0.1) is 0 Å². The molecule has 1 aromatic heterocycles. The Balaban J connectivity index is 1.72. The van der Waals surface area contributed by atoms with Gasteiger partial charge in [-0.25, -0.2) is 4.98 Å². The number of carbonyl (C=O) groups is 1. The second-order valence-corrected chi connectivity index (χ2v) is 5.83. The summed E-state index contributed by atoms with van der Waals surface area (Å²) in [7, 11) is 0. The van der Waals surface area contributed by atoms with E-state index in [1.54, 1.807) is 6.20 Å². The normalized spacial score (nSPS) is 19.9. The number of nitrogens with zero attached hydrogens (tertiary/aromatic N) is 4. The molecule has 1 amide bonds. The number of ether oxygens (including phenoxy) is 1. The number of anilines is 1. The summed E-state index contributed by atoms with van der Waals surface area (Å²) in [6.45, 7) is 6.75. The Morgan fingerprint density at radius 2 is 1.91 bits per heavy atom. The summed E-state index contributed by atoms with van der Waals surface area (Å²) in [5, 5.41) is 9.03. The van der Waals surface area contributed by atoms with Crippen molar-refractivity contribution in [1.29, 1.82) is 0 Å². The van der Waals surface area contributed by atoms with Gasteiger partial charge in [-0.1, -0.05) is 0 Å². The van der Waals surface area contributed by atoms with Crippen LogP contribution in [-0.4, -0.2) is 91.4 Å². The van der Waals surface area contributed by atoms with Gasteiger partial charge >= 0.3 is 0 Å². The third kappa shape index (κ3) is 3.80. The molecule has 3 heterocycles. The Kier molecular flexibility index (Phi) is 5.43. The maximum Gasteiger partial charge on any atom is 0.257 e. The minimum Gasteiger partial charge on any atom is -0.395 e. The molecule has 0 aromatic carbocycles. The Labute approximate surface area is 136 Å². The second-order valence-electron chi connectivity index (χ2n) is 5.83. The number of aliphatic hydroxyl groups excluding tert-OH is 1. The first kappa shape index (κ1) is 16.2. The number of aliphatic hydroxyl groups is 1. The molecule has 126 valence electrons. The number of piperazine rings is 1. The van der Waals surface area contributed by atoms with Crippen molar-refractivity contribution in [3.8, 4) is 0 Å². The largest absolute Gasteiger partial charge is 0.395 e. The highest BCUT2D eigenvalue weighted by Crippen LogP contribution is 2.21. The van der Waals surface area contributed by atoms with Crippen molar-refractivity contribution in [2.45, 2.75) is 0 Å². The first-order valence-electron chi connectivity index (χ1n) is 8.20. The molecule has 1 aromatic rings. The third-order valence-corrected chi connectivity index (χ3v) is 4.40. The van der Waals surface area contributed by atoms with Crippen LogP contribution in [-0.2, 0) is 4.74 Å². The van der Waals surface area contributed by atoms with E-state index >= 15 is 0 Å². The Bertz CT molecular complexity index is 526. The maximum absolute atomic E-state index is 12.8. The van der Waals surface area contributed by atoms with E-state index in [4.69, 9.17) is 9.84 Å². The van der Waals surface area contributed by atoms with Gasteiger partial charge in [0.1, 0.15) is 5.82 Å². The number of amides is 1. The van der Waals surface area contributed by atoms with Gasteiger partial charge in [0, 0.05) is 52.0 Å². The van der Waals surface area contributed by atoms with Gasteiger partial charge in [0.25, 0.3) is 5.91 Å². The molecule has 0 bridgehead atoms. The molecule has 2 aliphatic heterocycles. The summed E-state index contributed by atoms with van der Waals surface area (Å²) in [5.74, 6) is 0.807. The minimum absolute atomic E-state index is 0.0363. The standard InChI is InChI=1S/C16H24N4O3/c21-11-8-18-4-6-19(7-5-18)15-14(2-1-3-17-15)16(22)20-9-12-23-13-10-20/h1-3,21H,4-13H2. The van der Waals surface area contributed by atoms with Crippen molar-refractivity contribution in [2.24, 2.45) is 0 Å². The molecule has 23 heavy (non-hydrogen) atoms. The lowest BCUT2D eigenvalue weighted by molar-refractivity contribution is 0.0303. The lowest BCUT2D eigenvalue weighted by Gasteiger charge is -2.36. The van der Waals surface area contributed by atoms with Crippen LogP contribution in [0.15, 0.2) is 18.3 Å². The number of hydrogen-bond acceptors (Lipinski definition) is 6. The predicted molar refractivity (Wildman–Crippen MR) is 86.7 cm³/mol. The van der Waals surface area contributed by atoms with E-state index in [0.717, 1.165) is 32.0 Å². The average Bonchev–Trinajstić information content (AvgIpc) is 2.63. The SMILES string of the molecule is O=C(c1cccnc1N1CCN(CCO)CC1)N1CCOCC1. The summed E-state index contributed by atoms with van der Waals surface area (Å²) < 4.78 is 5.32. The fourth-order valence-electron chi connectivity index (χ4n) is 3.08. The molecular weight excluding hydrogens is 296 g/mol. The fraction of sp³-hybridized carbons (Fsp3) is 0.625. The molecule has 7 nitrogen and oxygen atoms in total. The molecule has 2 fully saturated rings. The van der Waals surface area contributed by atoms with Gasteiger partial charge < -0.3 is 19.6 Å². The van der Waals surface area contributed by atoms with Crippen molar-refractivity contribution in [3.63, 3.8) is 0 Å². The molecular formula is C16H24N4O3. The van der Waals surface area contributed by atoms with Gasteiger partial charge in [0.2, 0.25) is 0 Å². The first-order chi connectivity index (χ1) is 11.3. The molecule has 7 heteroatoms. The maximum atomic E-state index is 12.8. The Morgan fingerprint density at radius 3 is 2.61 bits per heavy atom. The lowest BCUT2D eigenvalue weighted by atomic mass is 10.2. The second kappa shape index (κ2) is 7.72. The van der Waals surface area contributed by atoms with Crippen LogP contribution >= 0.6 is 0 Å². The van der Waals surface area contributed by atoms with E-state index in [9.17, 15) is 4.79 Å². The van der Waals surface area contributed by atoms with E-state index in [0.29, 0.717) is 38.4 Å². The van der Waals surface area contributed by atoms with Gasteiger partial charge in [0.15, 0.2) is 0 Å². The highest BCUT2D eigenvalue weighted by molar-refractivity contribution is 5.99. The molecule has 0 spiro atoms. The summed E-state index contributed by atoms with van der Waals surface area (Å²) in [6, 6.07) is 3.68. The van der Waals surface area contributed by atoms with Crippen molar-refractivity contribution in [3.05, 3.63) is 23.9 Å². The van der Waals surface area contributed by atoms with Crippen molar-refractivity contribution < 1.29 is 14.6 Å². The van der Waals surface area contributed by atoms with Gasteiger partial charge in [-0.2, -0.15) is 0 Å². The van der Waals surface area contributed by atoms with Crippen LogP contribution in [0.2, 0.25) is 0 Å². The zero-order chi connectivity index (χ0) is 16.1. The van der Waals surface area contributed by atoms with Gasteiger partial charge in [-0.15, -0.1) is 0 Å². The van der Waals surface area contributed by atoms with Gasteiger partial charge in [0.05, 0.1) is 25.4 Å². The highest BCUT2D eigenvalue weighted by Gasteiger charge is 2.25. The molecule has 3 rings (SSSR count). The van der Waals surface area contributed by atoms with Crippen LogP contribution < -0.4 is 4.90 Å². The Morgan fingerprint density at radius 1 is 1.17 bits per heavy atom. The summed E-state index contributed by atoms with van der Waals surface area (Å²) in [6.07, 6.45) is 1.74. The zero-order valence-corrected chi connectivity index (χ0v) is 13.4. The number of rotatable bonds is 4. The molecule has 2 saturated heterocycles. The topological polar surface area (TPSA) is 69.1 Å². The van der Waals surface area contributed by atoms with E-state index < -0.39 is 0 Å². The molecule has 0 saturated carbocycles. The number of morpholine rings is 1. The number of aromatic nitrogens is 1. The summed E-state index contributed by atoms with van der Waals surface area (Å²) in [5.41, 5.74) is 0.671. The number of pyridine rings is 1. The first-order valence-corrected chi connectivity index (χ1v) is 8.20. The minimum atomic E-state index is 0.0363. The molecule has 0 aliphatic carbocycles. The number of carbonyl (C=O) groups excluding carboxylic acids is 1. The lowest BCUT2D eigenvalue weighted by Crippen LogP contribution is -2.48. The molecule has 0 unspecified atom stereocenters. The summed E-state index contributed by atoms with van der Waals surface area (Å²) in [4.78, 5) is 23.5.